The van der Waals surface area contributed by atoms with Gasteiger partial charge in [0.25, 0.3) is 11.8 Å². The van der Waals surface area contributed by atoms with Gasteiger partial charge in [0.2, 0.25) is 0 Å². The van der Waals surface area contributed by atoms with E-state index in [2.05, 4.69) is 10.3 Å². The number of aliphatic hydroxyl groups excluding tert-OH is 1. The molecule has 9 heteroatoms. The zero-order valence-corrected chi connectivity index (χ0v) is 24.9. The Morgan fingerprint density at radius 2 is 1.76 bits per heavy atom. The van der Waals surface area contributed by atoms with E-state index in [-0.39, 0.29) is 12.5 Å². The number of aromatic nitrogens is 3. The minimum atomic E-state index is -1.85. The van der Waals surface area contributed by atoms with E-state index in [1.165, 1.54) is 0 Å². The predicted octanol–water partition coefficient (Wildman–Crippen LogP) is 5.28. The Morgan fingerprint density at radius 1 is 0.956 bits per heavy atom. The predicted molar refractivity (Wildman–Crippen MR) is 172 cm³/mol. The molecule has 2 aliphatic rings. The van der Waals surface area contributed by atoms with Gasteiger partial charge in [0.1, 0.15) is 0 Å². The molecule has 45 heavy (non-hydrogen) atoms. The molecule has 2 aliphatic heterocycles. The lowest BCUT2D eigenvalue weighted by Gasteiger charge is -2.28. The summed E-state index contributed by atoms with van der Waals surface area (Å²) in [7, 11) is 0. The van der Waals surface area contributed by atoms with E-state index in [0.29, 0.717) is 48.4 Å². The SMILES string of the molecule is C[C@@H](/C=C/CCn1cc(CCO)nn1)[C@]1(O)C(=O)N(Cc2ccccc2)c2ccc(N3C(=O)c4cccc5cccc3c45)cc21. The van der Waals surface area contributed by atoms with Crippen molar-refractivity contribution in [2.45, 2.75) is 38.5 Å². The fourth-order valence-electron chi connectivity index (χ4n) is 6.49. The first-order valence-corrected chi connectivity index (χ1v) is 15.2. The first kappa shape index (κ1) is 28.6. The molecule has 5 aromatic rings. The number of hydrogen-bond donors (Lipinski definition) is 2. The largest absolute Gasteiger partial charge is 0.396 e. The second-order valence-corrected chi connectivity index (χ2v) is 11.6. The van der Waals surface area contributed by atoms with Crippen molar-refractivity contribution in [3.05, 3.63) is 126 Å². The quantitative estimate of drug-likeness (QED) is 0.212. The van der Waals surface area contributed by atoms with Crippen LogP contribution in [0.2, 0.25) is 0 Å². The van der Waals surface area contributed by atoms with Gasteiger partial charge >= 0.3 is 0 Å². The van der Waals surface area contributed by atoms with Crippen LogP contribution in [-0.4, -0.2) is 43.6 Å². The van der Waals surface area contributed by atoms with Gasteiger partial charge in [-0.2, -0.15) is 0 Å². The molecular formula is C36H33N5O4. The number of rotatable bonds is 10. The number of allylic oxidation sites excluding steroid dienone is 1. The van der Waals surface area contributed by atoms with Crippen LogP contribution in [0, 0.1) is 5.92 Å². The van der Waals surface area contributed by atoms with Crippen LogP contribution in [0.5, 0.6) is 0 Å². The van der Waals surface area contributed by atoms with Gasteiger partial charge < -0.3 is 15.1 Å². The number of amides is 2. The molecule has 7 rings (SSSR count). The Balaban J connectivity index is 1.23. The number of anilines is 3. The molecular weight excluding hydrogens is 566 g/mol. The van der Waals surface area contributed by atoms with Gasteiger partial charge in [-0.25, -0.2) is 0 Å². The van der Waals surface area contributed by atoms with E-state index in [1.54, 1.807) is 26.7 Å². The minimum absolute atomic E-state index is 0.0156. The van der Waals surface area contributed by atoms with Crippen molar-refractivity contribution in [1.29, 1.82) is 0 Å². The maximum atomic E-state index is 14.2. The number of nitrogens with zero attached hydrogens (tertiary/aromatic N) is 5. The lowest BCUT2D eigenvalue weighted by molar-refractivity contribution is -0.139. The molecule has 4 aromatic carbocycles. The summed E-state index contributed by atoms with van der Waals surface area (Å²) in [5.41, 5.74) is 2.92. The lowest BCUT2D eigenvalue weighted by atomic mass is 9.82. The smallest absolute Gasteiger partial charge is 0.264 e. The average Bonchev–Trinajstić information content (AvgIpc) is 3.69. The monoisotopic (exact) mass is 599 g/mol. The summed E-state index contributed by atoms with van der Waals surface area (Å²) in [6, 6.07) is 26.7. The summed E-state index contributed by atoms with van der Waals surface area (Å²) in [5.74, 6) is -1.12. The number of benzene rings is 4. The Hall–Kier alpha value is -5.12. The molecule has 0 unspecified atom stereocenters. The fourth-order valence-corrected chi connectivity index (χ4v) is 6.49. The Kier molecular flexibility index (Phi) is 7.27. The van der Waals surface area contributed by atoms with Crippen LogP contribution in [0.4, 0.5) is 17.1 Å². The molecule has 9 nitrogen and oxygen atoms in total. The number of fused-ring (bicyclic) bond motifs is 1. The van der Waals surface area contributed by atoms with Gasteiger partial charge in [-0.05, 0) is 47.7 Å². The topological polar surface area (TPSA) is 112 Å². The molecule has 0 aliphatic carbocycles. The minimum Gasteiger partial charge on any atom is -0.396 e. The molecule has 226 valence electrons. The first-order chi connectivity index (χ1) is 21.9. The van der Waals surface area contributed by atoms with Gasteiger partial charge in [0.15, 0.2) is 5.60 Å². The molecule has 2 N–H and O–H groups in total. The molecule has 0 fully saturated rings. The Bertz CT molecular complexity index is 1950. The third-order valence-corrected chi connectivity index (χ3v) is 8.81. The van der Waals surface area contributed by atoms with Crippen molar-refractivity contribution in [1.82, 2.24) is 15.0 Å². The van der Waals surface area contributed by atoms with Crippen LogP contribution < -0.4 is 9.80 Å². The third kappa shape index (κ3) is 4.81. The van der Waals surface area contributed by atoms with Crippen LogP contribution in [0.1, 0.15) is 40.5 Å². The maximum Gasteiger partial charge on any atom is 0.264 e. The summed E-state index contributed by atoms with van der Waals surface area (Å²) >= 11 is 0. The molecule has 0 spiro atoms. The number of aryl methyl sites for hydroxylation is 1. The molecule has 1 aromatic heterocycles. The number of carbonyl (C=O) groups excluding carboxylic acids is 2. The van der Waals surface area contributed by atoms with E-state index in [9.17, 15) is 14.7 Å². The molecule has 0 bridgehead atoms. The highest BCUT2D eigenvalue weighted by Gasteiger charge is 2.53. The van der Waals surface area contributed by atoms with Crippen molar-refractivity contribution in [3.8, 4) is 0 Å². The Labute approximate surface area is 260 Å². The maximum absolute atomic E-state index is 14.2. The molecule has 2 amide bonds. The zero-order valence-electron chi connectivity index (χ0n) is 24.9. The van der Waals surface area contributed by atoms with Gasteiger partial charge in [-0.3, -0.25) is 19.2 Å². The summed E-state index contributed by atoms with van der Waals surface area (Å²) in [4.78, 5) is 31.2. The van der Waals surface area contributed by atoms with Crippen LogP contribution in [0.25, 0.3) is 10.8 Å². The lowest BCUT2D eigenvalue weighted by Crippen LogP contribution is -2.44. The summed E-state index contributed by atoms with van der Waals surface area (Å²) < 4.78 is 1.71. The van der Waals surface area contributed by atoms with Gasteiger partial charge in [-0.15, -0.1) is 5.10 Å². The summed E-state index contributed by atoms with van der Waals surface area (Å²) in [5, 5.41) is 31.5. The van der Waals surface area contributed by atoms with Crippen LogP contribution >= 0.6 is 0 Å². The second kappa shape index (κ2) is 11.4. The molecule has 0 saturated heterocycles. The first-order valence-electron chi connectivity index (χ1n) is 15.2. The van der Waals surface area contributed by atoms with Gasteiger partial charge in [0, 0.05) is 48.3 Å². The van der Waals surface area contributed by atoms with Gasteiger partial charge in [0.05, 0.1) is 29.2 Å². The molecule has 3 heterocycles. The zero-order chi connectivity index (χ0) is 31.1. The standard InChI is InChI=1S/C36H33N5O4/c1-24(9-5-6-19-39-23-27(18-20-42)37-38-39)36(45)30-21-28(16-17-31(30)40(35(36)44)22-25-10-3-2-4-11-25)41-32-15-8-13-26-12-7-14-29(33(26)32)34(41)43/h2-5,7-17,21,23-24,42,45H,6,18-20,22H2,1H3/b9-5+/t24-,36+/m0/s1. The van der Waals surface area contributed by atoms with Crippen molar-refractivity contribution in [3.63, 3.8) is 0 Å². The van der Waals surface area contributed by atoms with E-state index in [4.69, 9.17) is 5.11 Å². The number of aliphatic hydroxyl groups is 2. The third-order valence-electron chi connectivity index (χ3n) is 8.81. The fraction of sp³-hybridized carbons (Fsp3) is 0.222. The summed E-state index contributed by atoms with van der Waals surface area (Å²) in [6.07, 6.45) is 6.67. The van der Waals surface area contributed by atoms with Crippen molar-refractivity contribution in [2.24, 2.45) is 5.92 Å². The van der Waals surface area contributed by atoms with Crippen LogP contribution in [0.3, 0.4) is 0 Å². The van der Waals surface area contributed by atoms with Crippen LogP contribution in [0.15, 0.2) is 103 Å². The van der Waals surface area contributed by atoms with Crippen molar-refractivity contribution in [2.75, 3.05) is 16.4 Å². The highest BCUT2D eigenvalue weighted by atomic mass is 16.3. The number of hydrogen-bond acceptors (Lipinski definition) is 6. The van der Waals surface area contributed by atoms with Crippen molar-refractivity contribution < 1.29 is 19.8 Å². The van der Waals surface area contributed by atoms with E-state index < -0.39 is 17.4 Å². The molecule has 0 saturated carbocycles. The second-order valence-electron chi connectivity index (χ2n) is 11.6. The van der Waals surface area contributed by atoms with Gasteiger partial charge in [-0.1, -0.05) is 78.9 Å². The van der Waals surface area contributed by atoms with E-state index in [1.807, 2.05) is 97.9 Å². The van der Waals surface area contributed by atoms with E-state index in [0.717, 1.165) is 27.7 Å². The average molecular weight is 600 g/mol. The molecule has 0 radical (unpaired) electrons. The normalized spacial score (nSPS) is 18.0. The highest BCUT2D eigenvalue weighted by molar-refractivity contribution is 6.28. The van der Waals surface area contributed by atoms with Crippen LogP contribution in [-0.2, 0) is 29.9 Å². The summed E-state index contributed by atoms with van der Waals surface area (Å²) in [6.45, 7) is 2.73. The molecule has 2 atom stereocenters. The van der Waals surface area contributed by atoms with Crippen molar-refractivity contribution >= 4 is 39.6 Å². The Morgan fingerprint density at radius 3 is 2.56 bits per heavy atom. The number of carbonyl (C=O) groups is 2. The highest BCUT2D eigenvalue weighted by Crippen LogP contribution is 2.49. The van der Waals surface area contributed by atoms with E-state index >= 15 is 0 Å².